The van der Waals surface area contributed by atoms with E-state index in [2.05, 4.69) is 15.2 Å². The van der Waals surface area contributed by atoms with Gasteiger partial charge in [0.15, 0.2) is 0 Å². The Morgan fingerprint density at radius 2 is 2.24 bits per heavy atom. The Hall–Kier alpha value is -1.64. The van der Waals surface area contributed by atoms with Crippen LogP contribution in [0.25, 0.3) is 0 Å². The fourth-order valence-electron chi connectivity index (χ4n) is 1.73. The number of rotatable bonds is 4. The molecule has 0 saturated carbocycles. The van der Waals surface area contributed by atoms with Crippen LogP contribution in [0, 0.1) is 11.3 Å². The van der Waals surface area contributed by atoms with Crippen LogP contribution in [-0.4, -0.2) is 49.3 Å². The maximum atomic E-state index is 8.65. The SMILES string of the molecule is N#Cc1ccc(NCCN2CCOCC2)nc1. The van der Waals surface area contributed by atoms with Gasteiger partial charge in [0.25, 0.3) is 0 Å². The average Bonchev–Trinajstić information content (AvgIpc) is 2.41. The van der Waals surface area contributed by atoms with Crippen molar-refractivity contribution in [3.05, 3.63) is 23.9 Å². The van der Waals surface area contributed by atoms with Gasteiger partial charge in [-0.25, -0.2) is 4.98 Å². The fraction of sp³-hybridized carbons (Fsp3) is 0.500. The summed E-state index contributed by atoms with van der Waals surface area (Å²) < 4.78 is 5.28. The molecule has 0 spiro atoms. The van der Waals surface area contributed by atoms with Gasteiger partial charge in [0, 0.05) is 32.4 Å². The van der Waals surface area contributed by atoms with Crippen LogP contribution in [0.5, 0.6) is 0 Å². The Bertz CT molecular complexity index is 378. The third kappa shape index (κ3) is 3.70. The Morgan fingerprint density at radius 1 is 1.41 bits per heavy atom. The van der Waals surface area contributed by atoms with Gasteiger partial charge in [-0.05, 0) is 12.1 Å². The van der Waals surface area contributed by atoms with Crippen LogP contribution >= 0.6 is 0 Å². The van der Waals surface area contributed by atoms with E-state index < -0.39 is 0 Å². The molecule has 0 aliphatic carbocycles. The largest absolute Gasteiger partial charge is 0.379 e. The number of hydrogen-bond donors (Lipinski definition) is 1. The second-order valence-electron chi connectivity index (χ2n) is 3.92. The third-order valence-electron chi connectivity index (χ3n) is 2.73. The number of nitriles is 1. The highest BCUT2D eigenvalue weighted by molar-refractivity contribution is 5.38. The van der Waals surface area contributed by atoms with Crippen molar-refractivity contribution in [2.24, 2.45) is 0 Å². The van der Waals surface area contributed by atoms with Crippen LogP contribution in [0.1, 0.15) is 5.56 Å². The first-order valence-electron chi connectivity index (χ1n) is 5.78. The molecule has 1 aliphatic heterocycles. The molecule has 2 rings (SSSR count). The highest BCUT2D eigenvalue weighted by Gasteiger charge is 2.09. The molecule has 17 heavy (non-hydrogen) atoms. The first-order chi connectivity index (χ1) is 8.38. The number of hydrogen-bond acceptors (Lipinski definition) is 5. The summed E-state index contributed by atoms with van der Waals surface area (Å²) in [5.41, 5.74) is 0.587. The lowest BCUT2D eigenvalue weighted by Gasteiger charge is -2.26. The van der Waals surface area contributed by atoms with Gasteiger partial charge in [-0.2, -0.15) is 5.26 Å². The molecule has 0 radical (unpaired) electrons. The predicted octanol–water partition coefficient (Wildman–Crippen LogP) is 0.697. The van der Waals surface area contributed by atoms with E-state index in [1.165, 1.54) is 0 Å². The molecule has 0 bridgehead atoms. The molecule has 1 saturated heterocycles. The minimum atomic E-state index is 0.587. The zero-order valence-corrected chi connectivity index (χ0v) is 9.72. The summed E-state index contributed by atoms with van der Waals surface area (Å²) in [4.78, 5) is 6.52. The quantitative estimate of drug-likeness (QED) is 0.828. The zero-order valence-electron chi connectivity index (χ0n) is 9.72. The molecule has 1 aliphatic rings. The first kappa shape index (κ1) is 11.8. The average molecular weight is 232 g/mol. The molecule has 5 heteroatoms. The number of anilines is 1. The summed E-state index contributed by atoms with van der Waals surface area (Å²) in [6, 6.07) is 5.65. The molecule has 1 aromatic heterocycles. The van der Waals surface area contributed by atoms with Crippen molar-refractivity contribution >= 4 is 5.82 Å². The maximum absolute atomic E-state index is 8.65. The van der Waals surface area contributed by atoms with Crippen LogP contribution in [0.4, 0.5) is 5.82 Å². The standard InChI is InChI=1S/C12H16N4O/c13-9-11-1-2-12(15-10-11)14-3-4-16-5-7-17-8-6-16/h1-2,10H,3-8H2,(H,14,15). The number of nitrogens with one attached hydrogen (secondary N) is 1. The van der Waals surface area contributed by atoms with Gasteiger partial charge >= 0.3 is 0 Å². The van der Waals surface area contributed by atoms with E-state index in [1.807, 2.05) is 12.1 Å². The van der Waals surface area contributed by atoms with Crippen molar-refractivity contribution < 1.29 is 4.74 Å². The van der Waals surface area contributed by atoms with E-state index in [9.17, 15) is 0 Å². The predicted molar refractivity (Wildman–Crippen MR) is 64.7 cm³/mol. The van der Waals surface area contributed by atoms with Crippen molar-refractivity contribution in [3.63, 3.8) is 0 Å². The van der Waals surface area contributed by atoms with Gasteiger partial charge < -0.3 is 10.1 Å². The molecule has 1 fully saturated rings. The van der Waals surface area contributed by atoms with Gasteiger partial charge in [0.1, 0.15) is 11.9 Å². The van der Waals surface area contributed by atoms with Crippen LogP contribution in [0.2, 0.25) is 0 Å². The minimum absolute atomic E-state index is 0.587. The highest BCUT2D eigenvalue weighted by atomic mass is 16.5. The number of morpholine rings is 1. The summed E-state index contributed by atoms with van der Waals surface area (Å²) in [7, 11) is 0. The van der Waals surface area contributed by atoms with Crippen molar-refractivity contribution in [3.8, 4) is 6.07 Å². The normalized spacial score (nSPS) is 16.4. The smallest absolute Gasteiger partial charge is 0.126 e. The van der Waals surface area contributed by atoms with E-state index >= 15 is 0 Å². The highest BCUT2D eigenvalue weighted by Crippen LogP contribution is 2.03. The van der Waals surface area contributed by atoms with Gasteiger partial charge in [-0.3, -0.25) is 4.90 Å². The molecule has 0 aromatic carbocycles. The summed E-state index contributed by atoms with van der Waals surface area (Å²) in [5.74, 6) is 0.817. The number of aromatic nitrogens is 1. The molecule has 1 N–H and O–H groups in total. The second kappa shape index (κ2) is 6.18. The van der Waals surface area contributed by atoms with Gasteiger partial charge in [-0.15, -0.1) is 0 Å². The van der Waals surface area contributed by atoms with Crippen LogP contribution in [0.15, 0.2) is 18.3 Å². The van der Waals surface area contributed by atoms with Crippen molar-refractivity contribution in [2.75, 3.05) is 44.7 Å². The molecule has 0 atom stereocenters. The number of pyridine rings is 1. The Labute approximate surface area is 101 Å². The molecule has 0 unspecified atom stereocenters. The maximum Gasteiger partial charge on any atom is 0.126 e. The van der Waals surface area contributed by atoms with Crippen molar-refractivity contribution in [2.45, 2.75) is 0 Å². The lowest BCUT2D eigenvalue weighted by Crippen LogP contribution is -2.39. The second-order valence-corrected chi connectivity index (χ2v) is 3.92. The Kier molecular flexibility index (Phi) is 4.30. The van der Waals surface area contributed by atoms with Crippen LogP contribution < -0.4 is 5.32 Å². The van der Waals surface area contributed by atoms with Crippen molar-refractivity contribution in [1.82, 2.24) is 9.88 Å². The molecule has 0 amide bonds. The molecular weight excluding hydrogens is 216 g/mol. The topological polar surface area (TPSA) is 61.2 Å². The molecular formula is C12H16N4O. The molecule has 1 aromatic rings. The van der Waals surface area contributed by atoms with Gasteiger partial charge in [0.2, 0.25) is 0 Å². The van der Waals surface area contributed by atoms with E-state index in [0.29, 0.717) is 5.56 Å². The first-order valence-corrected chi connectivity index (χ1v) is 5.78. The van der Waals surface area contributed by atoms with Gasteiger partial charge in [0.05, 0.1) is 18.8 Å². The van der Waals surface area contributed by atoms with Crippen molar-refractivity contribution in [1.29, 1.82) is 5.26 Å². The summed E-state index contributed by atoms with van der Waals surface area (Å²) in [6.07, 6.45) is 1.58. The van der Waals surface area contributed by atoms with E-state index in [1.54, 1.807) is 12.3 Å². The summed E-state index contributed by atoms with van der Waals surface area (Å²) in [5, 5.41) is 11.9. The van der Waals surface area contributed by atoms with E-state index in [4.69, 9.17) is 10.00 Å². The van der Waals surface area contributed by atoms with E-state index in [0.717, 1.165) is 45.2 Å². The lowest BCUT2D eigenvalue weighted by atomic mass is 10.3. The third-order valence-corrected chi connectivity index (χ3v) is 2.73. The summed E-state index contributed by atoms with van der Waals surface area (Å²) in [6.45, 7) is 5.51. The van der Waals surface area contributed by atoms with Gasteiger partial charge in [-0.1, -0.05) is 0 Å². The molecule has 90 valence electrons. The van der Waals surface area contributed by atoms with Crippen LogP contribution in [-0.2, 0) is 4.74 Å². The lowest BCUT2D eigenvalue weighted by molar-refractivity contribution is 0.0398. The molecule has 5 nitrogen and oxygen atoms in total. The number of ether oxygens (including phenoxy) is 1. The van der Waals surface area contributed by atoms with Crippen LogP contribution in [0.3, 0.4) is 0 Å². The molecule has 2 heterocycles. The Balaban J connectivity index is 1.72. The fourth-order valence-corrected chi connectivity index (χ4v) is 1.73. The van der Waals surface area contributed by atoms with E-state index in [-0.39, 0.29) is 0 Å². The summed E-state index contributed by atoms with van der Waals surface area (Å²) >= 11 is 0. The Morgan fingerprint density at radius 3 is 2.88 bits per heavy atom. The monoisotopic (exact) mass is 232 g/mol. The minimum Gasteiger partial charge on any atom is -0.379 e. The zero-order chi connectivity index (χ0) is 11.9. The number of nitrogens with zero attached hydrogens (tertiary/aromatic N) is 3.